The molecule has 0 fully saturated rings. The van der Waals surface area contributed by atoms with Crippen LogP contribution in [0, 0.1) is 0 Å². The Bertz CT molecular complexity index is 3420. The maximum Gasteiger partial charge on any atom is 0.211 e. The zero-order valence-electron chi connectivity index (χ0n) is 48.1. The van der Waals surface area contributed by atoms with E-state index in [4.69, 9.17) is 9.40 Å². The lowest BCUT2D eigenvalue weighted by molar-refractivity contribution is -1.00. The lowest BCUT2D eigenvalue weighted by atomic mass is 10.0. The Morgan fingerprint density at radius 2 is 1.00 bits per heavy atom. The van der Waals surface area contributed by atoms with E-state index in [0.717, 1.165) is 45.3 Å². The van der Waals surface area contributed by atoms with Crippen LogP contribution >= 0.6 is 22.4 Å². The summed E-state index contributed by atoms with van der Waals surface area (Å²) in [5.41, 5.74) is 27.1. The van der Waals surface area contributed by atoms with Crippen LogP contribution in [0.25, 0.3) is 10.9 Å². The normalized spacial score (nSPS) is 11.7. The standard InChI is InChI=1S/C19H21N3O3.C11H12N2O4.C11H12N2O2.C10H12N2O3.C9H11NO.HIO/c1-22(2)14-9-7-13(8-10-14)12-21-17-6-4-3-5-15(17)18(23)11-16(20)19(24)25;12-8(11(16)17)5-10(15)7-3-1-2-4-9(7)13-6-14;12-9(11(14)15)5-7-6-13-10-4-2-1-3-8(7)10;11-7-4-2-1-3-6(7)9(13)5-8(12)10(14)15;1-10(2)9-5-3-8(7-11)4-6-9;1-2/h3-10,12,16H,11,20H2,1-2H3,(H,24,25);1-4,6,8H,5,12H2,(H,13,14)(H,16,17);1-4,6,9,13H,5,12H2,(H,14,15);1-4,8H,5,11-12H2,(H,14,15);3-7H,1-2H3;1H/i;;;;;1D. The molecular weight excluding hydrogens is 1210 g/mol. The maximum atomic E-state index is 12.3. The Morgan fingerprint density at radius 1 is 0.588 bits per heavy atom. The van der Waals surface area contributed by atoms with Crippen molar-refractivity contribution >= 4 is 122 Å². The van der Waals surface area contributed by atoms with E-state index in [0.29, 0.717) is 41.0 Å². The number of carboxylic acids is 4. The van der Waals surface area contributed by atoms with Gasteiger partial charge in [0.2, 0.25) is 6.41 Å². The fraction of sp³-hybridized carbons (Fsp3) is 0.200. The minimum atomic E-state index is -1.41. The smallest absolute Gasteiger partial charge is 0.211 e. The number of nitrogens with zero attached hydrogens (tertiary/aromatic N) is 3. The van der Waals surface area contributed by atoms with Crippen molar-refractivity contribution in [1.29, 1.82) is 0.594 Å². The lowest BCUT2D eigenvalue weighted by Gasteiger charge is -2.11. The number of H-pyrrole nitrogens is 1. The molecule has 0 radical (unpaired) electrons. The Kier molecular flexibility index (Phi) is 30.7. The zero-order valence-corrected chi connectivity index (χ0v) is 49.3. The highest BCUT2D eigenvalue weighted by molar-refractivity contribution is 6.05. The van der Waals surface area contributed by atoms with Gasteiger partial charge in [0.1, 0.15) is 53.4 Å². The van der Waals surface area contributed by atoms with Crippen LogP contribution in [0.3, 0.4) is 0 Å². The SMILES string of the molecule is CN(C)c1ccc(C=Nc2ccccc2C(=O)CC([NH3+])C(=O)[O-])cc1.CN(C)c1ccc(C=O)cc1.Nc1ccccc1C(=O)CC([NH3+])C(=O)[O-].[2H]I=O.[NH3+]C(CC(=O)c1ccccc1NC=O)C(=O)[O-].[NH3+]C(Cc1c[nH]c2ccccc12)C(=O)[O-]. The predicted octanol–water partition coefficient (Wildman–Crippen LogP) is -2.04. The van der Waals surface area contributed by atoms with Gasteiger partial charge in [-0.15, -0.1) is 0 Å². The number of carbonyl (C=O) groups is 9. The molecule has 1 aromatic heterocycles. The summed E-state index contributed by atoms with van der Waals surface area (Å²) in [7, 11) is 7.87. The number of halogens is 1. The number of ketones is 3. The highest BCUT2D eigenvalue weighted by Crippen LogP contribution is 2.22. The first-order valence-electron chi connectivity index (χ1n) is 26.0. The van der Waals surface area contributed by atoms with Crippen molar-refractivity contribution in [2.75, 3.05) is 49.0 Å². The fourth-order valence-corrected chi connectivity index (χ4v) is 7.24. The van der Waals surface area contributed by atoms with Crippen LogP contribution in [-0.4, -0.2) is 118 Å². The van der Waals surface area contributed by atoms with Crippen molar-refractivity contribution in [3.63, 3.8) is 0 Å². The number of nitrogens with one attached hydrogen (secondary N) is 2. The minimum absolute atomic E-state index is 0.198. The van der Waals surface area contributed by atoms with Crippen LogP contribution in [0.5, 0.6) is 0 Å². The number of nitrogen functional groups attached to an aromatic ring is 1. The third kappa shape index (κ3) is 24.8. The number of fused-ring (bicyclic) bond motifs is 1. The second kappa shape index (κ2) is 37.4. The number of quaternary nitrogens is 4. The third-order valence-corrected chi connectivity index (χ3v) is 12.0. The molecule has 0 aliphatic carbocycles. The van der Waals surface area contributed by atoms with E-state index in [2.05, 4.69) is 38.2 Å². The summed E-state index contributed by atoms with van der Waals surface area (Å²) in [5.74, 6) is -6.22. The number of aliphatic carboxylic acids is 4. The van der Waals surface area contributed by atoms with Gasteiger partial charge in [0.25, 0.3) is 0 Å². The van der Waals surface area contributed by atoms with E-state index in [1.165, 1.54) is 6.07 Å². The Balaban J connectivity index is 0.000000371. The molecule has 7 aromatic rings. The Morgan fingerprint density at radius 3 is 1.47 bits per heavy atom. The van der Waals surface area contributed by atoms with Crippen LogP contribution in [0.15, 0.2) is 157 Å². The van der Waals surface area contributed by atoms with Gasteiger partial charge in [-0.25, -0.2) is 0 Å². The molecule has 25 heteroatoms. The molecule has 16 N–H and O–H groups in total. The molecule has 0 spiro atoms. The average Bonchev–Trinajstić information content (AvgIpc) is 3.46. The monoisotopic (exact) mass is 1280 g/mol. The molecule has 85 heavy (non-hydrogen) atoms. The number of hydrogen-bond acceptors (Lipinski definition) is 18. The molecule has 4 atom stereocenters. The third-order valence-electron chi connectivity index (χ3n) is 12.0. The number of rotatable bonds is 22. The number of Topliss-reactive ketones (excluding diaryl/α,β-unsaturated/α-hetero) is 3. The van der Waals surface area contributed by atoms with Gasteiger partial charge in [-0.2, -0.15) is 0 Å². The number of aliphatic imine (C=N–C) groups is 1. The van der Waals surface area contributed by atoms with Gasteiger partial charge < -0.3 is 88.4 Å². The number of amides is 1. The van der Waals surface area contributed by atoms with Crippen molar-refractivity contribution in [3.8, 4) is 0 Å². The first-order valence-corrected chi connectivity index (χ1v) is 26.5. The summed E-state index contributed by atoms with van der Waals surface area (Å²) < 4.78 is 14.5. The van der Waals surface area contributed by atoms with Crippen LogP contribution in [0.1, 0.15) is 71.8 Å². The number of benzene rings is 6. The summed E-state index contributed by atoms with van der Waals surface area (Å²) in [6, 6.07) is 38.8. The predicted molar refractivity (Wildman–Crippen MR) is 319 cm³/mol. The number of hydrogen-bond donors (Lipinski definition) is 7. The van der Waals surface area contributed by atoms with E-state index in [9.17, 15) is 63.6 Å². The van der Waals surface area contributed by atoms with Gasteiger partial charge in [0, 0.05) is 97.2 Å². The second-order valence-electron chi connectivity index (χ2n) is 18.8. The molecule has 0 bridgehead atoms. The molecule has 6 aromatic carbocycles. The van der Waals surface area contributed by atoms with Crippen LogP contribution in [0.4, 0.5) is 28.4 Å². The molecule has 7 rings (SSSR count). The van der Waals surface area contributed by atoms with Gasteiger partial charge in [0.05, 0.1) is 54.5 Å². The van der Waals surface area contributed by atoms with E-state index in [-0.39, 0.29) is 36.4 Å². The highest BCUT2D eigenvalue weighted by Gasteiger charge is 2.20. The number of nitrogens with two attached hydrogens (primary N) is 1. The molecule has 0 saturated heterocycles. The minimum Gasteiger partial charge on any atom is -0.544 e. The van der Waals surface area contributed by atoms with Gasteiger partial charge in [-0.1, -0.05) is 66.7 Å². The molecular formula is C60H69IN10O14. The van der Waals surface area contributed by atoms with Gasteiger partial charge in [-0.05, 0) is 90.0 Å². The van der Waals surface area contributed by atoms with E-state index < -0.39 is 76.2 Å². The average molecular weight is 1280 g/mol. The van der Waals surface area contributed by atoms with E-state index in [1.807, 2.05) is 117 Å². The van der Waals surface area contributed by atoms with Crippen molar-refractivity contribution in [1.82, 2.24) is 4.98 Å². The Hall–Kier alpha value is -9.67. The molecule has 1 heterocycles. The zero-order chi connectivity index (χ0) is 64.5. The molecule has 24 nitrogen and oxygen atoms in total. The summed E-state index contributed by atoms with van der Waals surface area (Å²) in [4.78, 5) is 110. The number of aldehydes is 1. The molecule has 0 aliphatic rings. The molecule has 0 aliphatic heterocycles. The number of anilines is 4. The van der Waals surface area contributed by atoms with Gasteiger partial charge in [-0.3, -0.25) is 32.0 Å². The van der Waals surface area contributed by atoms with Crippen LogP contribution < -0.4 is 64.2 Å². The summed E-state index contributed by atoms with van der Waals surface area (Å²) in [6.07, 6.45) is 4.51. The summed E-state index contributed by atoms with van der Waals surface area (Å²) in [5, 5.41) is 45.7. The van der Waals surface area contributed by atoms with Gasteiger partial charge in [0.15, 0.2) is 17.3 Å². The number of aromatic amines is 1. The van der Waals surface area contributed by atoms with Crippen molar-refractivity contribution in [2.45, 2.75) is 49.9 Å². The van der Waals surface area contributed by atoms with Crippen LogP contribution in [0.2, 0.25) is 0 Å². The molecule has 0 saturated carbocycles. The first-order chi connectivity index (χ1) is 40.8. The number of carbonyl (C=O) groups excluding carboxylic acids is 9. The Labute approximate surface area is 503 Å². The summed E-state index contributed by atoms with van der Waals surface area (Å²) in [6.45, 7) is 0. The topological polar surface area (TPSA) is 446 Å². The second-order valence-corrected chi connectivity index (χ2v) is 18.8. The lowest BCUT2D eigenvalue weighted by Crippen LogP contribution is -3.44. The van der Waals surface area contributed by atoms with Crippen molar-refractivity contribution < 1.29 is 89.6 Å². The molecule has 4 unspecified atom stereocenters. The molecule has 450 valence electrons. The van der Waals surface area contributed by atoms with Crippen LogP contribution in [-0.2, 0) is 33.5 Å². The molecule has 1 amide bonds. The van der Waals surface area contributed by atoms with E-state index in [1.54, 1.807) is 72.9 Å². The quantitative estimate of drug-likeness (QED) is 0.0126. The number of para-hydroxylation sites is 4. The fourth-order valence-electron chi connectivity index (χ4n) is 7.24. The number of aromatic nitrogens is 1. The largest absolute Gasteiger partial charge is 0.544 e. The maximum absolute atomic E-state index is 12.3. The number of carboxylic acid groups (broad SMARTS) is 4. The summed E-state index contributed by atoms with van der Waals surface area (Å²) >= 11 is -1.41. The first kappa shape index (κ1) is 69.6. The van der Waals surface area contributed by atoms with Gasteiger partial charge >= 0.3 is 0 Å². The van der Waals surface area contributed by atoms with Crippen molar-refractivity contribution in [2.24, 2.45) is 4.99 Å². The van der Waals surface area contributed by atoms with Crippen molar-refractivity contribution in [3.05, 3.63) is 185 Å². The highest BCUT2D eigenvalue weighted by atomic mass is 127. The van der Waals surface area contributed by atoms with E-state index >= 15 is 0 Å².